The van der Waals surface area contributed by atoms with Crippen LogP contribution in [0.2, 0.25) is 0 Å². The van der Waals surface area contributed by atoms with E-state index in [4.69, 9.17) is 5.11 Å². The summed E-state index contributed by atoms with van der Waals surface area (Å²) in [6.07, 6.45) is 5.69. The molecular formula is C12H21NO2. The third kappa shape index (κ3) is 4.04. The molecule has 0 amide bonds. The summed E-state index contributed by atoms with van der Waals surface area (Å²) in [5.41, 5.74) is 1.13. The number of carbonyl (C=O) groups is 1. The fraction of sp³-hybridized carbons (Fsp3) is 0.750. The van der Waals surface area contributed by atoms with Crippen molar-refractivity contribution in [1.29, 1.82) is 0 Å². The van der Waals surface area contributed by atoms with Crippen LogP contribution in [0.4, 0.5) is 0 Å². The fourth-order valence-corrected chi connectivity index (χ4v) is 2.16. The Balaban J connectivity index is 2.51. The van der Waals surface area contributed by atoms with E-state index in [-0.39, 0.29) is 6.54 Å². The Bertz CT molecular complexity index is 232. The predicted molar refractivity (Wildman–Crippen MR) is 60.9 cm³/mol. The van der Waals surface area contributed by atoms with Crippen LogP contribution >= 0.6 is 0 Å². The summed E-state index contributed by atoms with van der Waals surface area (Å²) in [7, 11) is 0. The van der Waals surface area contributed by atoms with Crippen LogP contribution in [0.5, 0.6) is 0 Å². The molecule has 1 fully saturated rings. The number of aliphatic carboxylic acids is 1. The zero-order valence-electron chi connectivity index (χ0n) is 9.54. The Morgan fingerprint density at radius 1 is 1.40 bits per heavy atom. The second-order valence-corrected chi connectivity index (χ2v) is 4.34. The molecule has 3 heteroatoms. The maximum atomic E-state index is 10.8. The van der Waals surface area contributed by atoms with Crippen LogP contribution in [0.15, 0.2) is 12.2 Å². The average molecular weight is 211 g/mol. The van der Waals surface area contributed by atoms with Crippen LogP contribution in [0.25, 0.3) is 0 Å². The standard InChI is InChI=1S/C12H21NO2/c1-3-10(2)8-13(9-12(14)15)11-6-4-5-7-11/h11H,2-9H2,1H3,(H,14,15). The van der Waals surface area contributed by atoms with E-state index in [1.165, 1.54) is 12.8 Å². The van der Waals surface area contributed by atoms with E-state index in [1.54, 1.807) is 0 Å². The predicted octanol–water partition coefficient (Wildman–Crippen LogP) is 2.28. The molecular weight excluding hydrogens is 190 g/mol. The summed E-state index contributed by atoms with van der Waals surface area (Å²) in [4.78, 5) is 12.8. The van der Waals surface area contributed by atoms with Gasteiger partial charge in [-0.1, -0.05) is 31.9 Å². The Kier molecular flexibility index (Phi) is 4.82. The molecule has 0 aromatic carbocycles. The van der Waals surface area contributed by atoms with Crippen molar-refractivity contribution in [3.8, 4) is 0 Å². The van der Waals surface area contributed by atoms with Gasteiger partial charge in [-0.05, 0) is 19.3 Å². The largest absolute Gasteiger partial charge is 0.480 e. The Morgan fingerprint density at radius 3 is 2.47 bits per heavy atom. The second kappa shape index (κ2) is 5.91. The molecule has 0 unspecified atom stereocenters. The van der Waals surface area contributed by atoms with Crippen molar-refractivity contribution in [2.75, 3.05) is 13.1 Å². The maximum Gasteiger partial charge on any atom is 0.317 e. The third-order valence-electron chi connectivity index (χ3n) is 3.11. The highest BCUT2D eigenvalue weighted by Gasteiger charge is 2.24. The van der Waals surface area contributed by atoms with Crippen molar-refractivity contribution >= 4 is 5.97 Å². The highest BCUT2D eigenvalue weighted by Crippen LogP contribution is 2.24. The summed E-state index contributed by atoms with van der Waals surface area (Å²) in [5.74, 6) is -0.731. The van der Waals surface area contributed by atoms with E-state index in [0.29, 0.717) is 6.04 Å². The minimum atomic E-state index is -0.731. The molecule has 15 heavy (non-hydrogen) atoms. The van der Waals surface area contributed by atoms with Crippen molar-refractivity contribution in [1.82, 2.24) is 4.90 Å². The number of hydrogen-bond acceptors (Lipinski definition) is 2. The van der Waals surface area contributed by atoms with E-state index in [9.17, 15) is 4.79 Å². The van der Waals surface area contributed by atoms with Crippen LogP contribution in [-0.2, 0) is 4.79 Å². The monoisotopic (exact) mass is 211 g/mol. The van der Waals surface area contributed by atoms with E-state index in [2.05, 4.69) is 18.4 Å². The minimum Gasteiger partial charge on any atom is -0.480 e. The topological polar surface area (TPSA) is 40.5 Å². The van der Waals surface area contributed by atoms with E-state index in [0.717, 1.165) is 31.4 Å². The second-order valence-electron chi connectivity index (χ2n) is 4.34. The van der Waals surface area contributed by atoms with Gasteiger partial charge < -0.3 is 5.11 Å². The first-order valence-corrected chi connectivity index (χ1v) is 5.76. The molecule has 0 heterocycles. The number of rotatable bonds is 6. The van der Waals surface area contributed by atoms with Crippen LogP contribution < -0.4 is 0 Å². The molecule has 0 aliphatic heterocycles. The zero-order chi connectivity index (χ0) is 11.3. The van der Waals surface area contributed by atoms with Crippen molar-refractivity contribution in [3.63, 3.8) is 0 Å². The number of hydrogen-bond donors (Lipinski definition) is 1. The van der Waals surface area contributed by atoms with Crippen LogP contribution in [0.1, 0.15) is 39.0 Å². The van der Waals surface area contributed by atoms with Crippen molar-refractivity contribution in [2.24, 2.45) is 0 Å². The van der Waals surface area contributed by atoms with Gasteiger partial charge in [-0.3, -0.25) is 9.69 Å². The average Bonchev–Trinajstić information content (AvgIpc) is 2.68. The van der Waals surface area contributed by atoms with Gasteiger partial charge in [0.1, 0.15) is 0 Å². The number of nitrogens with zero attached hydrogens (tertiary/aromatic N) is 1. The molecule has 0 bridgehead atoms. The molecule has 0 spiro atoms. The van der Waals surface area contributed by atoms with Crippen molar-refractivity contribution in [3.05, 3.63) is 12.2 Å². The molecule has 0 aromatic heterocycles. The molecule has 86 valence electrons. The smallest absolute Gasteiger partial charge is 0.317 e. The van der Waals surface area contributed by atoms with Crippen molar-refractivity contribution < 1.29 is 9.90 Å². The van der Waals surface area contributed by atoms with E-state index >= 15 is 0 Å². The van der Waals surface area contributed by atoms with Gasteiger partial charge in [-0.2, -0.15) is 0 Å². The lowest BCUT2D eigenvalue weighted by Crippen LogP contribution is -2.38. The van der Waals surface area contributed by atoms with Crippen LogP contribution in [0.3, 0.4) is 0 Å². The molecule has 1 aliphatic rings. The summed E-state index contributed by atoms with van der Waals surface area (Å²) in [6.45, 7) is 6.92. The minimum absolute atomic E-state index is 0.156. The first-order valence-electron chi connectivity index (χ1n) is 5.76. The molecule has 3 nitrogen and oxygen atoms in total. The summed E-state index contributed by atoms with van der Waals surface area (Å²) >= 11 is 0. The van der Waals surface area contributed by atoms with Gasteiger partial charge in [-0.25, -0.2) is 0 Å². The Hall–Kier alpha value is -0.830. The van der Waals surface area contributed by atoms with Gasteiger partial charge in [0.15, 0.2) is 0 Å². The molecule has 0 radical (unpaired) electrons. The normalized spacial score (nSPS) is 17.2. The lowest BCUT2D eigenvalue weighted by atomic mass is 10.1. The first-order chi connectivity index (χ1) is 7.13. The Labute approximate surface area is 91.8 Å². The highest BCUT2D eigenvalue weighted by atomic mass is 16.4. The van der Waals surface area contributed by atoms with Gasteiger partial charge in [0.05, 0.1) is 6.54 Å². The van der Waals surface area contributed by atoms with Crippen molar-refractivity contribution in [2.45, 2.75) is 45.1 Å². The SMILES string of the molecule is C=C(CC)CN(CC(=O)O)C1CCCC1. The quantitative estimate of drug-likeness (QED) is 0.685. The number of carboxylic acids is 1. The van der Waals surface area contributed by atoms with Gasteiger partial charge in [0.25, 0.3) is 0 Å². The molecule has 0 atom stereocenters. The first kappa shape index (κ1) is 12.2. The molecule has 1 N–H and O–H groups in total. The highest BCUT2D eigenvalue weighted by molar-refractivity contribution is 5.69. The van der Waals surface area contributed by atoms with Gasteiger partial charge in [-0.15, -0.1) is 0 Å². The van der Waals surface area contributed by atoms with E-state index < -0.39 is 5.97 Å². The van der Waals surface area contributed by atoms with Gasteiger partial charge in [0, 0.05) is 12.6 Å². The lowest BCUT2D eigenvalue weighted by Gasteiger charge is -2.27. The molecule has 1 saturated carbocycles. The molecule has 1 rings (SSSR count). The fourth-order valence-electron chi connectivity index (χ4n) is 2.16. The number of carboxylic acid groups (broad SMARTS) is 1. The van der Waals surface area contributed by atoms with Crippen LogP contribution in [0, 0.1) is 0 Å². The van der Waals surface area contributed by atoms with E-state index in [1.807, 2.05) is 0 Å². The summed E-state index contributed by atoms with van der Waals surface area (Å²) in [5, 5.41) is 8.86. The molecule has 1 aliphatic carbocycles. The van der Waals surface area contributed by atoms with Crippen LogP contribution in [-0.4, -0.2) is 35.1 Å². The van der Waals surface area contributed by atoms with Gasteiger partial charge >= 0.3 is 5.97 Å². The zero-order valence-corrected chi connectivity index (χ0v) is 9.54. The maximum absolute atomic E-state index is 10.8. The molecule has 0 aromatic rings. The Morgan fingerprint density at radius 2 is 2.00 bits per heavy atom. The van der Waals surface area contributed by atoms with Gasteiger partial charge in [0.2, 0.25) is 0 Å². The molecule has 0 saturated heterocycles. The third-order valence-corrected chi connectivity index (χ3v) is 3.11. The summed E-state index contributed by atoms with van der Waals surface area (Å²) in [6, 6.07) is 0.462. The lowest BCUT2D eigenvalue weighted by molar-refractivity contribution is -0.138. The summed E-state index contributed by atoms with van der Waals surface area (Å²) < 4.78 is 0.